The van der Waals surface area contributed by atoms with Crippen LogP contribution in [0.5, 0.6) is 5.75 Å². The molecule has 1 fully saturated rings. The van der Waals surface area contributed by atoms with Crippen LogP contribution < -0.4 is 4.74 Å². The summed E-state index contributed by atoms with van der Waals surface area (Å²) >= 11 is 1.28. The van der Waals surface area contributed by atoms with Gasteiger partial charge in [0.25, 0.3) is 5.91 Å². The molecule has 156 valence electrons. The molecule has 1 amide bonds. The van der Waals surface area contributed by atoms with E-state index in [0.29, 0.717) is 21.6 Å². The lowest BCUT2D eigenvalue weighted by Crippen LogP contribution is -2.28. The van der Waals surface area contributed by atoms with Gasteiger partial charge in [0.2, 0.25) is 0 Å². The van der Waals surface area contributed by atoms with Crippen LogP contribution in [0.4, 0.5) is 0 Å². The summed E-state index contributed by atoms with van der Waals surface area (Å²) in [6, 6.07) is 19.1. The zero-order valence-electron chi connectivity index (χ0n) is 17.2. The third-order valence-corrected chi connectivity index (χ3v) is 5.73. The molecule has 0 atom stereocenters. The number of hydrogen-bond donors (Lipinski definition) is 0. The van der Waals surface area contributed by atoms with Gasteiger partial charge in [0.15, 0.2) is 5.17 Å². The van der Waals surface area contributed by atoms with Crippen LogP contribution in [0.3, 0.4) is 0 Å². The van der Waals surface area contributed by atoms with E-state index in [0.717, 1.165) is 16.7 Å². The number of furan rings is 1. The van der Waals surface area contributed by atoms with Crippen LogP contribution in [0.2, 0.25) is 0 Å². The maximum Gasteiger partial charge on any atom is 0.267 e. The topological polar surface area (TPSA) is 67.4 Å². The number of amidine groups is 1. The van der Waals surface area contributed by atoms with Gasteiger partial charge in [0.05, 0.1) is 31.0 Å². The Bertz CT molecular complexity index is 1170. The molecule has 3 aromatic rings. The number of para-hydroxylation sites is 1. The van der Waals surface area contributed by atoms with Gasteiger partial charge in [0.1, 0.15) is 11.5 Å². The number of carbonyl (C=O) groups excluding carboxylic acids is 1. The highest BCUT2D eigenvalue weighted by Gasteiger charge is 2.34. The van der Waals surface area contributed by atoms with E-state index in [4.69, 9.17) is 9.15 Å². The van der Waals surface area contributed by atoms with Crippen LogP contribution in [-0.2, 0) is 11.3 Å². The lowest BCUT2D eigenvalue weighted by Gasteiger charge is -2.12. The van der Waals surface area contributed by atoms with Crippen LogP contribution >= 0.6 is 11.8 Å². The van der Waals surface area contributed by atoms with Crippen molar-refractivity contribution in [3.63, 3.8) is 0 Å². The molecule has 4 rings (SSSR count). The Morgan fingerprint density at radius 3 is 2.58 bits per heavy atom. The average Bonchev–Trinajstić information content (AvgIpc) is 3.40. The van der Waals surface area contributed by atoms with E-state index >= 15 is 0 Å². The molecule has 0 saturated carbocycles. The predicted octanol–water partition coefficient (Wildman–Crippen LogP) is 5.10. The summed E-state index contributed by atoms with van der Waals surface area (Å²) in [6.07, 6.45) is 5.09. The molecule has 0 bridgehead atoms. The van der Waals surface area contributed by atoms with E-state index in [2.05, 4.69) is 10.2 Å². The summed E-state index contributed by atoms with van der Waals surface area (Å²) < 4.78 is 10.8. The second kappa shape index (κ2) is 9.49. The predicted molar refractivity (Wildman–Crippen MR) is 124 cm³/mol. The molecular weight excluding hydrogens is 410 g/mol. The van der Waals surface area contributed by atoms with Crippen molar-refractivity contribution >= 4 is 35.1 Å². The number of rotatable bonds is 6. The zero-order chi connectivity index (χ0) is 21.6. The van der Waals surface area contributed by atoms with Crippen molar-refractivity contribution < 1.29 is 13.9 Å². The molecule has 2 heterocycles. The van der Waals surface area contributed by atoms with E-state index in [1.807, 2.05) is 67.6 Å². The first-order valence-electron chi connectivity index (χ1n) is 9.69. The van der Waals surface area contributed by atoms with Crippen LogP contribution in [-0.4, -0.2) is 29.3 Å². The van der Waals surface area contributed by atoms with Crippen molar-refractivity contribution in [3.8, 4) is 5.75 Å². The Morgan fingerprint density at radius 1 is 1.06 bits per heavy atom. The molecule has 1 aromatic heterocycles. The molecule has 1 aliphatic heterocycles. The first-order chi connectivity index (χ1) is 15.2. The Labute approximate surface area is 184 Å². The summed E-state index contributed by atoms with van der Waals surface area (Å²) in [5.74, 6) is 1.21. The number of amides is 1. The number of nitrogens with zero attached hydrogens (tertiary/aromatic N) is 3. The standard InChI is InChI=1S/C24H21N3O3S/c1-17-8-3-4-10-19(17)15-25-26-24-27(16-20-11-7-13-30-20)23(28)22(31-24)14-18-9-5-6-12-21(18)29-2/h3-15H,16H2,1-2H3/b22-14-,25-15+,26-24-. The van der Waals surface area contributed by atoms with E-state index in [1.54, 1.807) is 30.6 Å². The van der Waals surface area contributed by atoms with Crippen LogP contribution in [0.15, 0.2) is 86.5 Å². The average molecular weight is 432 g/mol. The molecule has 31 heavy (non-hydrogen) atoms. The minimum absolute atomic E-state index is 0.155. The van der Waals surface area contributed by atoms with Crippen molar-refractivity contribution in [1.29, 1.82) is 0 Å². The second-order valence-corrected chi connectivity index (χ2v) is 7.82. The molecule has 0 radical (unpaired) electrons. The zero-order valence-corrected chi connectivity index (χ0v) is 18.0. The highest BCUT2D eigenvalue weighted by atomic mass is 32.2. The van der Waals surface area contributed by atoms with Gasteiger partial charge in [-0.15, -0.1) is 5.10 Å². The van der Waals surface area contributed by atoms with Gasteiger partial charge >= 0.3 is 0 Å². The van der Waals surface area contributed by atoms with Gasteiger partial charge in [-0.05, 0) is 54.1 Å². The molecule has 0 N–H and O–H groups in total. The summed E-state index contributed by atoms with van der Waals surface area (Å²) in [4.78, 5) is 15.3. The molecule has 0 aliphatic carbocycles. The van der Waals surface area contributed by atoms with Gasteiger partial charge < -0.3 is 9.15 Å². The quantitative estimate of drug-likeness (QED) is 0.309. The fraction of sp³-hybridized carbons (Fsp3) is 0.125. The number of benzene rings is 2. The molecule has 0 unspecified atom stereocenters. The van der Waals surface area contributed by atoms with E-state index in [9.17, 15) is 4.79 Å². The highest BCUT2D eigenvalue weighted by Crippen LogP contribution is 2.35. The van der Waals surface area contributed by atoms with Crippen LogP contribution in [0.1, 0.15) is 22.5 Å². The third kappa shape index (κ3) is 4.78. The number of ether oxygens (including phenoxy) is 1. The monoisotopic (exact) mass is 431 g/mol. The summed E-state index contributed by atoms with van der Waals surface area (Å²) in [7, 11) is 1.61. The molecular formula is C24H21N3O3S. The van der Waals surface area contributed by atoms with Crippen LogP contribution in [0, 0.1) is 6.92 Å². The largest absolute Gasteiger partial charge is 0.496 e. The van der Waals surface area contributed by atoms with Crippen molar-refractivity contribution in [2.75, 3.05) is 7.11 Å². The lowest BCUT2D eigenvalue weighted by atomic mass is 10.1. The smallest absolute Gasteiger partial charge is 0.267 e. The third-order valence-electron chi connectivity index (χ3n) is 4.74. The van der Waals surface area contributed by atoms with Gasteiger partial charge in [-0.2, -0.15) is 5.10 Å². The van der Waals surface area contributed by atoms with Crippen molar-refractivity contribution in [3.05, 3.63) is 94.3 Å². The Balaban J connectivity index is 1.65. The number of aryl methyl sites for hydroxylation is 1. The fourth-order valence-corrected chi connectivity index (χ4v) is 4.01. The molecule has 6 nitrogen and oxygen atoms in total. The van der Waals surface area contributed by atoms with E-state index < -0.39 is 0 Å². The number of thioether (sulfide) groups is 1. The SMILES string of the molecule is COc1ccccc1/C=C1\S/C(=N\N=C\c2ccccc2C)N(Cc2ccco2)C1=O. The summed E-state index contributed by atoms with van der Waals surface area (Å²) in [6.45, 7) is 2.29. The molecule has 2 aromatic carbocycles. The van der Waals surface area contributed by atoms with Gasteiger partial charge in [-0.3, -0.25) is 9.69 Å². The summed E-state index contributed by atoms with van der Waals surface area (Å²) in [5, 5.41) is 9.08. The minimum atomic E-state index is -0.155. The van der Waals surface area contributed by atoms with Gasteiger partial charge in [-0.1, -0.05) is 42.5 Å². The minimum Gasteiger partial charge on any atom is -0.496 e. The normalized spacial score (nSPS) is 16.7. The Morgan fingerprint density at radius 2 is 1.84 bits per heavy atom. The van der Waals surface area contributed by atoms with Gasteiger partial charge in [0, 0.05) is 5.56 Å². The molecule has 7 heteroatoms. The van der Waals surface area contributed by atoms with Gasteiger partial charge in [-0.25, -0.2) is 0 Å². The second-order valence-electron chi connectivity index (χ2n) is 6.81. The van der Waals surface area contributed by atoms with Crippen LogP contribution in [0.25, 0.3) is 6.08 Å². The van der Waals surface area contributed by atoms with E-state index in [-0.39, 0.29) is 12.5 Å². The number of carbonyl (C=O) groups is 1. The molecule has 0 spiro atoms. The Kier molecular flexibility index (Phi) is 6.33. The lowest BCUT2D eigenvalue weighted by molar-refractivity contribution is -0.122. The number of hydrogen-bond acceptors (Lipinski definition) is 6. The van der Waals surface area contributed by atoms with E-state index in [1.165, 1.54) is 11.8 Å². The molecule has 1 aliphatic rings. The summed E-state index contributed by atoms with van der Waals surface area (Å²) in [5.41, 5.74) is 2.90. The van der Waals surface area contributed by atoms with Crippen molar-refractivity contribution in [1.82, 2.24) is 4.90 Å². The maximum atomic E-state index is 13.2. The van der Waals surface area contributed by atoms with Crippen molar-refractivity contribution in [2.24, 2.45) is 10.2 Å². The highest BCUT2D eigenvalue weighted by molar-refractivity contribution is 8.18. The maximum absolute atomic E-state index is 13.2. The first kappa shape index (κ1) is 20.7. The molecule has 1 saturated heterocycles. The Hall–Kier alpha value is -3.58. The first-order valence-corrected chi connectivity index (χ1v) is 10.5. The number of methoxy groups -OCH3 is 1. The van der Waals surface area contributed by atoms with Crippen molar-refractivity contribution in [2.45, 2.75) is 13.5 Å². The fourth-order valence-electron chi connectivity index (χ4n) is 3.08.